The molecule has 0 saturated carbocycles. The molecule has 5 aromatic rings. The van der Waals surface area contributed by atoms with Crippen molar-refractivity contribution in [3.8, 4) is 45.0 Å². The number of halogens is 2. The number of carbonyl (C=O) groups is 1. The van der Waals surface area contributed by atoms with Gasteiger partial charge in [-0.2, -0.15) is 0 Å². The molecule has 0 aliphatic rings. The Morgan fingerprint density at radius 1 is 0.816 bits per heavy atom. The van der Waals surface area contributed by atoms with Gasteiger partial charge in [-0.1, -0.05) is 36.4 Å². The van der Waals surface area contributed by atoms with Crippen LogP contribution in [-0.4, -0.2) is 26.4 Å². The minimum atomic E-state index is -0.868. The lowest BCUT2D eigenvalue weighted by Crippen LogP contribution is -2.01. The van der Waals surface area contributed by atoms with Crippen molar-refractivity contribution in [3.05, 3.63) is 109 Å². The molecule has 0 fully saturated rings. The summed E-state index contributed by atoms with van der Waals surface area (Å²) in [5.74, 6) is -0.824. The zero-order valence-electron chi connectivity index (χ0n) is 20.6. The molecule has 0 atom stereocenters. The standard InChI is InChI=1S/C31H24F2N2O2S/c1-2-35-30(21-12-16-24(33)17-13-21)29(20-10-14-23(32)15-11-20)34-31(35)27-9-4-3-8-26(27)22-6-5-7-25(18-22)38-19-28(36)37/h3-18H,2,19H2,1H3,(H,36,37). The topological polar surface area (TPSA) is 55.1 Å². The molecule has 7 heteroatoms. The fourth-order valence-corrected chi connectivity index (χ4v) is 5.18. The molecule has 1 N–H and O–H groups in total. The van der Waals surface area contributed by atoms with Gasteiger partial charge >= 0.3 is 5.97 Å². The van der Waals surface area contributed by atoms with Crippen LogP contribution in [0.4, 0.5) is 8.78 Å². The van der Waals surface area contributed by atoms with Crippen molar-refractivity contribution in [1.82, 2.24) is 9.55 Å². The lowest BCUT2D eigenvalue weighted by atomic mass is 9.99. The SMILES string of the molecule is CCn1c(-c2ccccc2-c2cccc(SCC(=O)O)c2)nc(-c2ccc(F)cc2)c1-c1ccc(F)cc1. The fraction of sp³-hybridized carbons (Fsp3) is 0.0968. The van der Waals surface area contributed by atoms with Gasteiger partial charge in [-0.25, -0.2) is 13.8 Å². The van der Waals surface area contributed by atoms with Crippen LogP contribution < -0.4 is 0 Å². The van der Waals surface area contributed by atoms with Crippen LogP contribution in [0.5, 0.6) is 0 Å². The molecule has 1 heterocycles. The molecule has 4 nitrogen and oxygen atoms in total. The summed E-state index contributed by atoms with van der Waals surface area (Å²) in [6.45, 7) is 2.62. The number of carboxylic acid groups (broad SMARTS) is 1. The number of benzene rings is 4. The van der Waals surface area contributed by atoms with E-state index in [2.05, 4.69) is 4.57 Å². The van der Waals surface area contributed by atoms with E-state index in [-0.39, 0.29) is 17.4 Å². The predicted octanol–water partition coefficient (Wildman–Crippen LogP) is 8.03. The van der Waals surface area contributed by atoms with E-state index in [1.54, 1.807) is 24.3 Å². The van der Waals surface area contributed by atoms with Crippen LogP contribution in [0.1, 0.15) is 6.92 Å². The molecule has 0 spiro atoms. The molecule has 0 aliphatic heterocycles. The van der Waals surface area contributed by atoms with E-state index in [0.29, 0.717) is 12.2 Å². The molecule has 0 bridgehead atoms. The number of carboxylic acids is 1. The van der Waals surface area contributed by atoms with Gasteiger partial charge in [0.1, 0.15) is 17.5 Å². The largest absolute Gasteiger partial charge is 0.481 e. The van der Waals surface area contributed by atoms with Crippen LogP contribution >= 0.6 is 11.8 Å². The lowest BCUT2D eigenvalue weighted by molar-refractivity contribution is -0.133. The average molecular weight is 527 g/mol. The van der Waals surface area contributed by atoms with Gasteiger partial charge in [-0.3, -0.25) is 4.79 Å². The van der Waals surface area contributed by atoms with Gasteiger partial charge in [0.15, 0.2) is 0 Å². The molecular formula is C31H24F2N2O2S. The Morgan fingerprint density at radius 3 is 2.08 bits per heavy atom. The zero-order valence-corrected chi connectivity index (χ0v) is 21.4. The van der Waals surface area contributed by atoms with E-state index in [1.165, 1.54) is 36.0 Å². The van der Waals surface area contributed by atoms with E-state index >= 15 is 0 Å². The molecule has 1 aromatic heterocycles. The third kappa shape index (κ3) is 5.24. The first kappa shape index (κ1) is 25.4. The van der Waals surface area contributed by atoms with Crippen molar-refractivity contribution in [2.24, 2.45) is 0 Å². The van der Waals surface area contributed by atoms with Crippen LogP contribution in [-0.2, 0) is 11.3 Å². The van der Waals surface area contributed by atoms with Gasteiger partial charge in [0.2, 0.25) is 0 Å². The second kappa shape index (κ2) is 11.0. The Morgan fingerprint density at radius 2 is 1.45 bits per heavy atom. The molecule has 0 saturated heterocycles. The summed E-state index contributed by atoms with van der Waals surface area (Å²) < 4.78 is 29.6. The third-order valence-electron chi connectivity index (χ3n) is 6.19. The number of hydrogen-bond acceptors (Lipinski definition) is 3. The highest BCUT2D eigenvalue weighted by atomic mass is 32.2. The maximum atomic E-state index is 13.8. The lowest BCUT2D eigenvalue weighted by Gasteiger charge is -2.14. The summed E-state index contributed by atoms with van der Waals surface area (Å²) >= 11 is 1.27. The maximum absolute atomic E-state index is 13.8. The Kier molecular flexibility index (Phi) is 7.38. The zero-order chi connectivity index (χ0) is 26.6. The number of nitrogens with zero attached hydrogens (tertiary/aromatic N) is 2. The van der Waals surface area contributed by atoms with Crippen LogP contribution in [0.25, 0.3) is 45.0 Å². The van der Waals surface area contributed by atoms with Crippen LogP contribution in [0, 0.1) is 11.6 Å². The predicted molar refractivity (Wildman–Crippen MR) is 148 cm³/mol. The molecule has 4 aromatic carbocycles. The van der Waals surface area contributed by atoms with Crippen molar-refractivity contribution < 1.29 is 18.7 Å². The molecule has 0 aliphatic carbocycles. The number of thioether (sulfide) groups is 1. The van der Waals surface area contributed by atoms with Crippen LogP contribution in [0.2, 0.25) is 0 Å². The van der Waals surface area contributed by atoms with Gasteiger partial charge in [-0.05, 0) is 78.7 Å². The van der Waals surface area contributed by atoms with Crippen molar-refractivity contribution >= 4 is 17.7 Å². The minimum Gasteiger partial charge on any atom is -0.481 e. The summed E-state index contributed by atoms with van der Waals surface area (Å²) in [7, 11) is 0. The summed E-state index contributed by atoms with van der Waals surface area (Å²) in [5, 5.41) is 9.08. The van der Waals surface area contributed by atoms with Crippen LogP contribution in [0.15, 0.2) is 102 Å². The minimum absolute atomic E-state index is 0.0204. The van der Waals surface area contributed by atoms with E-state index in [0.717, 1.165) is 44.2 Å². The monoisotopic (exact) mass is 526 g/mol. The number of aromatic nitrogens is 2. The number of imidazole rings is 1. The van der Waals surface area contributed by atoms with Gasteiger partial charge in [0.25, 0.3) is 0 Å². The average Bonchev–Trinajstić information content (AvgIpc) is 3.32. The Bertz CT molecular complexity index is 1600. The van der Waals surface area contributed by atoms with E-state index in [4.69, 9.17) is 10.1 Å². The number of hydrogen-bond donors (Lipinski definition) is 1. The van der Waals surface area contributed by atoms with E-state index < -0.39 is 5.97 Å². The Balaban J connectivity index is 1.71. The van der Waals surface area contributed by atoms with Crippen molar-refractivity contribution in [2.75, 3.05) is 5.75 Å². The first-order valence-corrected chi connectivity index (χ1v) is 13.1. The smallest absolute Gasteiger partial charge is 0.313 e. The first-order valence-electron chi connectivity index (χ1n) is 12.1. The molecular weight excluding hydrogens is 502 g/mol. The highest BCUT2D eigenvalue weighted by Gasteiger charge is 2.22. The summed E-state index contributed by atoms with van der Waals surface area (Å²) in [6, 6.07) is 28.2. The quantitative estimate of drug-likeness (QED) is 0.208. The molecule has 5 rings (SSSR count). The highest BCUT2D eigenvalue weighted by molar-refractivity contribution is 8.00. The van der Waals surface area contributed by atoms with Crippen molar-refractivity contribution in [3.63, 3.8) is 0 Å². The van der Waals surface area contributed by atoms with Gasteiger partial charge in [0, 0.05) is 28.1 Å². The second-order valence-electron chi connectivity index (χ2n) is 8.65. The van der Waals surface area contributed by atoms with Crippen molar-refractivity contribution in [2.45, 2.75) is 18.4 Å². The molecule has 0 amide bonds. The molecule has 190 valence electrons. The van der Waals surface area contributed by atoms with Gasteiger partial charge in [0.05, 0.1) is 17.1 Å². The molecule has 0 radical (unpaired) electrons. The Hall–Kier alpha value is -4.23. The van der Waals surface area contributed by atoms with Crippen LogP contribution in [0.3, 0.4) is 0 Å². The van der Waals surface area contributed by atoms with Gasteiger partial charge < -0.3 is 9.67 Å². The van der Waals surface area contributed by atoms with E-state index in [9.17, 15) is 13.6 Å². The summed E-state index contributed by atoms with van der Waals surface area (Å²) in [6.07, 6.45) is 0. The van der Waals surface area contributed by atoms with Gasteiger partial charge in [-0.15, -0.1) is 11.8 Å². The summed E-state index contributed by atoms with van der Waals surface area (Å²) in [4.78, 5) is 17.0. The number of rotatable bonds is 8. The fourth-order valence-electron chi connectivity index (χ4n) is 4.50. The highest BCUT2D eigenvalue weighted by Crippen LogP contribution is 2.40. The molecule has 38 heavy (non-hydrogen) atoms. The maximum Gasteiger partial charge on any atom is 0.313 e. The second-order valence-corrected chi connectivity index (χ2v) is 9.70. The molecule has 0 unspecified atom stereocenters. The summed E-state index contributed by atoms with van der Waals surface area (Å²) in [5.41, 5.74) is 5.82. The van der Waals surface area contributed by atoms with E-state index in [1.807, 2.05) is 55.5 Å². The third-order valence-corrected chi connectivity index (χ3v) is 7.17. The number of aliphatic carboxylic acids is 1. The first-order chi connectivity index (χ1) is 18.4. The van der Waals surface area contributed by atoms with Crippen molar-refractivity contribution in [1.29, 1.82) is 0 Å². The normalized spacial score (nSPS) is 11.0. The Labute approximate surface area is 223 Å².